The molecule has 0 radical (unpaired) electrons. The van der Waals surface area contributed by atoms with E-state index in [2.05, 4.69) is 11.6 Å². The molecule has 2 aliphatic rings. The van der Waals surface area contributed by atoms with Crippen LogP contribution < -0.4 is 0 Å². The summed E-state index contributed by atoms with van der Waals surface area (Å²) in [7, 11) is 0. The molecule has 15 nitrogen and oxygen atoms in total. The third-order valence-electron chi connectivity index (χ3n) is 10.4. The first-order chi connectivity index (χ1) is 27.0. The number of rotatable bonds is 9. The van der Waals surface area contributed by atoms with Crippen LogP contribution in [0.2, 0.25) is 0 Å². The van der Waals surface area contributed by atoms with Crippen LogP contribution >= 0.6 is 0 Å². The van der Waals surface area contributed by atoms with Gasteiger partial charge in [-0.05, 0) is 31.2 Å². The Morgan fingerprint density at radius 2 is 1.36 bits per heavy atom. The van der Waals surface area contributed by atoms with Crippen molar-refractivity contribution in [2.24, 2.45) is 23.2 Å². The summed E-state index contributed by atoms with van der Waals surface area (Å²) < 4.78 is 35.8. The van der Waals surface area contributed by atoms with Gasteiger partial charge in [-0.25, -0.2) is 9.59 Å². The van der Waals surface area contributed by atoms with Gasteiger partial charge in [-0.3, -0.25) is 24.2 Å². The quantitative estimate of drug-likeness (QED) is 0.203. The van der Waals surface area contributed by atoms with E-state index in [1.54, 1.807) is 51.1 Å². The Kier molecular flexibility index (Phi) is 14.1. The van der Waals surface area contributed by atoms with E-state index in [1.165, 1.54) is 57.4 Å². The summed E-state index contributed by atoms with van der Waals surface area (Å²) in [5.41, 5.74) is -5.84. The first-order valence-corrected chi connectivity index (χ1v) is 18.9. The van der Waals surface area contributed by atoms with E-state index in [0.29, 0.717) is 0 Å². The lowest BCUT2D eigenvalue weighted by Gasteiger charge is -2.45. The summed E-state index contributed by atoms with van der Waals surface area (Å²) in [5, 5.41) is 25.7. The van der Waals surface area contributed by atoms with Crippen molar-refractivity contribution < 1.29 is 67.4 Å². The number of aromatic nitrogens is 1. The predicted octanol–water partition coefficient (Wildman–Crippen LogP) is 4.49. The van der Waals surface area contributed by atoms with Gasteiger partial charge in [-0.15, -0.1) is 0 Å². The molecule has 1 saturated carbocycles. The SMILES string of the molecule is C=C1[C@H](OC(=O)C(C)C)[C@@H](O)[C@@H](OC(=O)c2cccnc2)C(C)(C)/C=C\[C@H](C)[C@H](OC(C)=O)[C@@]2(O)C[C@@](C)(OC(C)=O)[C@H](OC(=O)c3ccccc3)[C@@H]2[C@H]1OC(C)=O. The van der Waals surface area contributed by atoms with Crippen LogP contribution in [0.15, 0.2) is 79.2 Å². The summed E-state index contributed by atoms with van der Waals surface area (Å²) in [6.07, 6.45) is -5.08. The van der Waals surface area contributed by atoms with Gasteiger partial charge < -0.3 is 38.6 Å². The van der Waals surface area contributed by atoms with Crippen LogP contribution in [0.1, 0.15) is 89.5 Å². The van der Waals surface area contributed by atoms with Crippen LogP contribution in [0.4, 0.5) is 0 Å². The first-order valence-electron chi connectivity index (χ1n) is 18.9. The molecular formula is C43H53NO14. The second-order valence-corrected chi connectivity index (χ2v) is 16.0. The van der Waals surface area contributed by atoms with Crippen LogP contribution in [0.3, 0.4) is 0 Å². The van der Waals surface area contributed by atoms with Crippen molar-refractivity contribution in [1.29, 1.82) is 0 Å². The number of hydrogen-bond acceptors (Lipinski definition) is 15. The zero-order valence-corrected chi connectivity index (χ0v) is 34.2. The van der Waals surface area contributed by atoms with Crippen molar-refractivity contribution >= 4 is 35.8 Å². The Morgan fingerprint density at radius 3 is 1.91 bits per heavy atom. The summed E-state index contributed by atoms with van der Waals surface area (Å²) in [6, 6.07) is 10.8. The summed E-state index contributed by atoms with van der Waals surface area (Å²) in [6.45, 7) is 16.8. The summed E-state index contributed by atoms with van der Waals surface area (Å²) >= 11 is 0. The molecule has 2 aliphatic carbocycles. The van der Waals surface area contributed by atoms with Crippen molar-refractivity contribution in [3.05, 3.63) is 90.3 Å². The Hall–Kier alpha value is -5.41. The fourth-order valence-electron chi connectivity index (χ4n) is 7.78. The normalized spacial score (nSPS) is 31.3. The fraction of sp³-hybridized carbons (Fsp3) is 0.512. The minimum absolute atomic E-state index is 0.0417. The number of aliphatic hydroxyl groups is 2. The van der Waals surface area contributed by atoms with Gasteiger partial charge in [0.2, 0.25) is 0 Å². The monoisotopic (exact) mass is 807 g/mol. The number of hydrogen-bond donors (Lipinski definition) is 2. The number of pyridine rings is 1. The number of carbonyl (C=O) groups is 6. The summed E-state index contributed by atoms with van der Waals surface area (Å²) in [4.78, 5) is 83.8. The van der Waals surface area contributed by atoms with Gasteiger partial charge in [0.15, 0.2) is 12.2 Å². The molecule has 0 saturated heterocycles. The van der Waals surface area contributed by atoms with E-state index in [9.17, 15) is 39.0 Å². The van der Waals surface area contributed by atoms with Gasteiger partial charge in [0.1, 0.15) is 35.6 Å². The average Bonchev–Trinajstić information content (AvgIpc) is 3.36. The second kappa shape index (κ2) is 18.0. The highest BCUT2D eigenvalue weighted by molar-refractivity contribution is 5.90. The number of esters is 6. The molecule has 1 aromatic carbocycles. The lowest BCUT2D eigenvalue weighted by molar-refractivity contribution is -0.193. The maximum Gasteiger partial charge on any atom is 0.340 e. The lowest BCUT2D eigenvalue weighted by Crippen LogP contribution is -2.59. The van der Waals surface area contributed by atoms with E-state index in [1.807, 2.05) is 0 Å². The third-order valence-corrected chi connectivity index (χ3v) is 10.4. The number of fused-ring (bicyclic) bond motifs is 1. The number of aliphatic hydroxyl groups excluding tert-OH is 1. The molecule has 0 unspecified atom stereocenters. The molecule has 314 valence electrons. The van der Waals surface area contributed by atoms with Gasteiger partial charge >= 0.3 is 35.8 Å². The number of benzene rings is 1. The number of ether oxygens (including phenoxy) is 6. The topological polar surface area (TPSA) is 211 Å². The molecule has 10 atom stereocenters. The molecule has 15 heteroatoms. The molecular weight excluding hydrogens is 754 g/mol. The molecule has 0 spiro atoms. The highest BCUT2D eigenvalue weighted by Crippen LogP contribution is 2.54. The molecule has 1 aromatic heterocycles. The van der Waals surface area contributed by atoms with Crippen molar-refractivity contribution in [2.75, 3.05) is 0 Å². The molecule has 58 heavy (non-hydrogen) atoms. The average molecular weight is 808 g/mol. The van der Waals surface area contributed by atoms with Crippen molar-refractivity contribution in [1.82, 2.24) is 4.98 Å². The largest absolute Gasteiger partial charge is 0.459 e. The van der Waals surface area contributed by atoms with Gasteiger partial charge in [0, 0.05) is 56.5 Å². The van der Waals surface area contributed by atoms with Gasteiger partial charge in [0.05, 0.1) is 23.0 Å². The lowest BCUT2D eigenvalue weighted by atomic mass is 9.71. The fourth-order valence-corrected chi connectivity index (χ4v) is 7.78. The highest BCUT2D eigenvalue weighted by atomic mass is 16.6. The van der Waals surface area contributed by atoms with Crippen molar-refractivity contribution in [3.63, 3.8) is 0 Å². The number of carbonyl (C=O) groups excluding carboxylic acids is 6. The van der Waals surface area contributed by atoms with E-state index in [-0.39, 0.29) is 16.7 Å². The molecule has 4 rings (SSSR count). The Morgan fingerprint density at radius 1 is 0.776 bits per heavy atom. The van der Waals surface area contributed by atoms with Crippen LogP contribution in [0.25, 0.3) is 0 Å². The maximum absolute atomic E-state index is 13.9. The minimum atomic E-state index is -2.39. The van der Waals surface area contributed by atoms with E-state index in [0.717, 1.165) is 20.8 Å². The smallest absolute Gasteiger partial charge is 0.340 e. The molecule has 1 fully saturated rings. The molecule has 1 heterocycles. The molecule has 0 amide bonds. The second-order valence-electron chi connectivity index (χ2n) is 16.0. The summed E-state index contributed by atoms with van der Waals surface area (Å²) in [5.74, 6) is -8.66. The maximum atomic E-state index is 13.9. The molecule has 0 bridgehead atoms. The Labute approximate surface area is 337 Å². The molecule has 0 aliphatic heterocycles. The zero-order valence-electron chi connectivity index (χ0n) is 34.2. The Bertz CT molecular complexity index is 1890. The van der Waals surface area contributed by atoms with Crippen LogP contribution in [0, 0.1) is 23.2 Å². The van der Waals surface area contributed by atoms with Crippen molar-refractivity contribution in [3.8, 4) is 0 Å². The standard InChI is InChI=1S/C43H53NO14/c1-23(2)38(49)55-34-25(4)33(53-26(5)45)31-36(56-39(50)29-15-12-11-13-16-29)42(10,58-28(7)47)22-43(31,52)35(54-27(6)46)24(3)18-19-41(8,9)37(32(34)48)57-40(51)30-17-14-20-44-21-30/h11-21,23-24,31-37,48,52H,4,22H2,1-3,5-10H3/b19-18-/t24-,31-,32+,33-,34-,35-,36+,37+,42+,43+/m0/s1. The van der Waals surface area contributed by atoms with Gasteiger partial charge in [-0.1, -0.05) is 71.5 Å². The molecule has 2 aromatic rings. The first kappa shape index (κ1) is 45.3. The third kappa shape index (κ3) is 9.99. The van der Waals surface area contributed by atoms with Crippen LogP contribution in [0.5, 0.6) is 0 Å². The van der Waals surface area contributed by atoms with Crippen molar-refractivity contribution in [2.45, 2.75) is 117 Å². The van der Waals surface area contributed by atoms with E-state index >= 15 is 0 Å². The molecule has 2 N–H and O–H groups in total. The zero-order chi connectivity index (χ0) is 43.3. The number of nitrogens with zero attached hydrogens (tertiary/aromatic N) is 1. The van der Waals surface area contributed by atoms with Gasteiger partial charge in [-0.2, -0.15) is 0 Å². The minimum Gasteiger partial charge on any atom is -0.459 e. The highest BCUT2D eigenvalue weighted by Gasteiger charge is 2.70. The van der Waals surface area contributed by atoms with Crippen LogP contribution in [-0.4, -0.2) is 98.8 Å². The van der Waals surface area contributed by atoms with Crippen LogP contribution in [-0.2, 0) is 47.6 Å². The van der Waals surface area contributed by atoms with E-state index in [4.69, 9.17) is 28.4 Å². The predicted molar refractivity (Wildman–Crippen MR) is 205 cm³/mol. The van der Waals surface area contributed by atoms with E-state index < -0.39 is 113 Å². The Balaban J connectivity index is 2.08. The van der Waals surface area contributed by atoms with Gasteiger partial charge in [0.25, 0.3) is 0 Å².